The minimum atomic E-state index is -1.20. The molecule has 6 nitrogen and oxygen atoms in total. The second-order valence-corrected chi connectivity index (χ2v) is 5.86. The molecule has 6 heteroatoms. The number of hydrogen-bond donors (Lipinski definition) is 2. The molecule has 2 rings (SSSR count). The Kier molecular flexibility index (Phi) is 5.39. The van der Waals surface area contributed by atoms with Gasteiger partial charge in [0, 0.05) is 24.2 Å². The number of carbonyl (C=O) groups is 2. The van der Waals surface area contributed by atoms with E-state index in [0.717, 1.165) is 23.9 Å². The van der Waals surface area contributed by atoms with Crippen LogP contribution in [0.1, 0.15) is 25.8 Å². The van der Waals surface area contributed by atoms with Gasteiger partial charge in [-0.05, 0) is 38.9 Å². The summed E-state index contributed by atoms with van der Waals surface area (Å²) in [6, 6.07) is 5.90. The smallest absolute Gasteiger partial charge is 0.322 e. The Morgan fingerprint density at radius 2 is 2.09 bits per heavy atom. The molecule has 0 unspecified atom stereocenters. The predicted molar refractivity (Wildman–Crippen MR) is 87.7 cm³/mol. The van der Waals surface area contributed by atoms with Gasteiger partial charge >= 0.3 is 11.9 Å². The van der Waals surface area contributed by atoms with Crippen molar-refractivity contribution in [2.75, 3.05) is 13.6 Å². The van der Waals surface area contributed by atoms with Crippen LogP contribution in [0.4, 0.5) is 0 Å². The first kappa shape index (κ1) is 17.0. The fourth-order valence-corrected chi connectivity index (χ4v) is 2.31. The molecule has 0 atom stereocenters. The summed E-state index contributed by atoms with van der Waals surface area (Å²) in [5.41, 5.74) is 1.86. The third-order valence-electron chi connectivity index (χ3n) is 3.90. The van der Waals surface area contributed by atoms with E-state index >= 15 is 0 Å². The van der Waals surface area contributed by atoms with Crippen molar-refractivity contribution in [3.63, 3.8) is 0 Å². The molecule has 1 aromatic heterocycles. The second kappa shape index (κ2) is 7.28. The molecule has 1 aromatic carbocycles. The van der Waals surface area contributed by atoms with Crippen LogP contribution in [0.3, 0.4) is 0 Å². The van der Waals surface area contributed by atoms with Gasteiger partial charge in [0.25, 0.3) is 0 Å². The molecule has 0 fully saturated rings. The molecule has 0 saturated heterocycles. The zero-order valence-corrected chi connectivity index (χ0v) is 13.6. The number of nitrogens with zero attached hydrogens (tertiary/aromatic N) is 1. The van der Waals surface area contributed by atoms with E-state index in [1.165, 1.54) is 0 Å². The van der Waals surface area contributed by atoms with Gasteiger partial charge in [-0.25, -0.2) is 0 Å². The summed E-state index contributed by atoms with van der Waals surface area (Å²) in [4.78, 5) is 27.5. The third-order valence-corrected chi connectivity index (χ3v) is 3.90. The Morgan fingerprint density at radius 3 is 2.74 bits per heavy atom. The molecule has 0 aliphatic carbocycles. The number of likely N-dealkylation sites (N-methyl/N-ethyl adjacent to an activating group) is 1. The predicted octanol–water partition coefficient (Wildman–Crippen LogP) is 2.43. The van der Waals surface area contributed by atoms with Crippen molar-refractivity contribution >= 4 is 22.8 Å². The van der Waals surface area contributed by atoms with Crippen molar-refractivity contribution in [2.24, 2.45) is 0 Å². The number of nitrogens with one attached hydrogen (secondary N) is 1. The van der Waals surface area contributed by atoms with Crippen LogP contribution in [-0.4, -0.2) is 46.6 Å². The first-order chi connectivity index (χ1) is 10.9. The molecule has 23 heavy (non-hydrogen) atoms. The topological polar surface area (TPSA) is 82.6 Å². The molecule has 0 amide bonds. The lowest BCUT2D eigenvalue weighted by atomic mass is 10.1. The van der Waals surface area contributed by atoms with Crippen LogP contribution < -0.4 is 4.74 Å². The second-order valence-electron chi connectivity index (χ2n) is 5.86. The number of para-hydroxylation sites is 1. The zero-order chi connectivity index (χ0) is 17.0. The van der Waals surface area contributed by atoms with Crippen LogP contribution >= 0.6 is 0 Å². The molecule has 2 N–H and O–H groups in total. The number of rotatable bonds is 7. The third kappa shape index (κ3) is 4.32. The molecule has 1 heterocycles. The van der Waals surface area contributed by atoms with Gasteiger partial charge in [-0.3, -0.25) is 9.59 Å². The number of H-pyrrole nitrogens is 1. The molecule has 0 aliphatic heterocycles. The number of hydrogen-bond acceptors (Lipinski definition) is 4. The highest BCUT2D eigenvalue weighted by Gasteiger charge is 2.14. The van der Waals surface area contributed by atoms with E-state index in [1.54, 1.807) is 12.1 Å². The normalized spacial score (nSPS) is 11.3. The van der Waals surface area contributed by atoms with E-state index in [-0.39, 0.29) is 0 Å². The maximum absolute atomic E-state index is 11.5. The molecule has 124 valence electrons. The maximum atomic E-state index is 11.5. The number of aromatic amines is 1. The number of ether oxygens (including phenoxy) is 1. The summed E-state index contributed by atoms with van der Waals surface area (Å²) in [6.07, 6.45) is 2.14. The molecular formula is C17H22N2O4. The van der Waals surface area contributed by atoms with E-state index in [4.69, 9.17) is 9.84 Å². The van der Waals surface area contributed by atoms with Gasteiger partial charge in [0.15, 0.2) is 5.75 Å². The maximum Gasteiger partial charge on any atom is 0.322 e. The highest BCUT2D eigenvalue weighted by atomic mass is 16.5. The quantitative estimate of drug-likeness (QED) is 0.465. The fraction of sp³-hybridized carbons (Fsp3) is 0.412. The monoisotopic (exact) mass is 318 g/mol. The Hall–Kier alpha value is -2.34. The van der Waals surface area contributed by atoms with Crippen molar-refractivity contribution in [1.82, 2.24) is 9.88 Å². The summed E-state index contributed by atoms with van der Waals surface area (Å²) in [5, 5.41) is 9.62. The van der Waals surface area contributed by atoms with E-state index in [0.29, 0.717) is 17.3 Å². The van der Waals surface area contributed by atoms with Crippen molar-refractivity contribution in [3.8, 4) is 5.75 Å². The highest BCUT2D eigenvalue weighted by Crippen LogP contribution is 2.28. The van der Waals surface area contributed by atoms with Crippen LogP contribution in [0, 0.1) is 0 Å². The van der Waals surface area contributed by atoms with Gasteiger partial charge in [0.05, 0.1) is 5.52 Å². The highest BCUT2D eigenvalue weighted by molar-refractivity contribution is 5.94. The lowest BCUT2D eigenvalue weighted by Gasteiger charge is -2.20. The van der Waals surface area contributed by atoms with Gasteiger partial charge in [0.2, 0.25) is 0 Å². The SMILES string of the molecule is CC(C)N(C)CCc1c[nH]c2c(OC(=O)CC(=O)O)cccc12. The van der Waals surface area contributed by atoms with Crippen LogP contribution in [0.25, 0.3) is 10.9 Å². The van der Waals surface area contributed by atoms with Crippen molar-refractivity contribution in [3.05, 3.63) is 30.0 Å². The number of aromatic nitrogens is 1. The van der Waals surface area contributed by atoms with Gasteiger partial charge in [-0.2, -0.15) is 0 Å². The van der Waals surface area contributed by atoms with Gasteiger partial charge in [-0.1, -0.05) is 12.1 Å². The number of esters is 1. The first-order valence-corrected chi connectivity index (χ1v) is 7.60. The largest absolute Gasteiger partial charge is 0.481 e. The number of carboxylic acid groups (broad SMARTS) is 1. The fourth-order valence-electron chi connectivity index (χ4n) is 2.31. The Balaban J connectivity index is 2.16. The van der Waals surface area contributed by atoms with E-state index in [2.05, 4.69) is 30.8 Å². The summed E-state index contributed by atoms with van der Waals surface area (Å²) in [7, 11) is 2.08. The lowest BCUT2D eigenvalue weighted by Crippen LogP contribution is -2.28. The van der Waals surface area contributed by atoms with Crippen LogP contribution in [0.2, 0.25) is 0 Å². The van der Waals surface area contributed by atoms with E-state index in [9.17, 15) is 9.59 Å². The molecule has 2 aromatic rings. The molecule has 0 bridgehead atoms. The molecular weight excluding hydrogens is 296 g/mol. The lowest BCUT2D eigenvalue weighted by molar-refractivity contribution is -0.145. The molecule has 0 radical (unpaired) electrons. The summed E-state index contributed by atoms with van der Waals surface area (Å²) in [5.74, 6) is -1.62. The number of aliphatic carboxylic acids is 1. The van der Waals surface area contributed by atoms with Crippen LogP contribution in [0.15, 0.2) is 24.4 Å². The van der Waals surface area contributed by atoms with Crippen LogP contribution in [0.5, 0.6) is 5.75 Å². The van der Waals surface area contributed by atoms with Gasteiger partial charge < -0.3 is 19.7 Å². The number of carbonyl (C=O) groups excluding carboxylic acids is 1. The molecule has 0 aliphatic rings. The van der Waals surface area contributed by atoms with Crippen molar-refractivity contribution in [1.29, 1.82) is 0 Å². The number of carboxylic acids is 1. The first-order valence-electron chi connectivity index (χ1n) is 7.60. The minimum absolute atomic E-state index is 0.359. The van der Waals surface area contributed by atoms with Crippen LogP contribution in [-0.2, 0) is 16.0 Å². The number of benzene rings is 1. The molecule has 0 saturated carbocycles. The zero-order valence-electron chi connectivity index (χ0n) is 13.6. The minimum Gasteiger partial charge on any atom is -0.481 e. The molecule has 0 spiro atoms. The summed E-state index contributed by atoms with van der Waals surface area (Å²) < 4.78 is 5.15. The standard InChI is InChI=1S/C17H22N2O4/c1-11(2)19(3)8-7-12-10-18-17-13(12)5-4-6-14(17)23-16(22)9-15(20)21/h4-6,10-11,18H,7-9H2,1-3H3,(H,20,21). The number of fused-ring (bicyclic) bond motifs is 1. The Morgan fingerprint density at radius 1 is 1.35 bits per heavy atom. The average molecular weight is 318 g/mol. The van der Waals surface area contributed by atoms with E-state index < -0.39 is 18.4 Å². The van der Waals surface area contributed by atoms with Gasteiger partial charge in [-0.15, -0.1) is 0 Å². The summed E-state index contributed by atoms with van der Waals surface area (Å²) >= 11 is 0. The van der Waals surface area contributed by atoms with Crippen molar-refractivity contribution in [2.45, 2.75) is 32.7 Å². The van der Waals surface area contributed by atoms with Crippen molar-refractivity contribution < 1.29 is 19.4 Å². The Labute approximate surface area is 135 Å². The summed E-state index contributed by atoms with van der Waals surface area (Å²) in [6.45, 7) is 5.22. The Bertz CT molecular complexity index is 706. The van der Waals surface area contributed by atoms with Gasteiger partial charge in [0.1, 0.15) is 6.42 Å². The van der Waals surface area contributed by atoms with E-state index in [1.807, 2.05) is 12.3 Å². The average Bonchev–Trinajstić information content (AvgIpc) is 2.88.